The van der Waals surface area contributed by atoms with Crippen molar-refractivity contribution in [3.8, 4) is 17.2 Å². The highest BCUT2D eigenvalue weighted by molar-refractivity contribution is 14.1. The summed E-state index contributed by atoms with van der Waals surface area (Å²) in [6.07, 6.45) is 0.349. The number of halogens is 3. The summed E-state index contributed by atoms with van der Waals surface area (Å²) >= 11 is 6.49. The number of hydrogen-bond acceptors (Lipinski definition) is 6. The van der Waals surface area contributed by atoms with Crippen LogP contribution in [0.3, 0.4) is 0 Å². The van der Waals surface area contributed by atoms with Crippen LogP contribution in [-0.4, -0.2) is 24.1 Å². The molecule has 0 aliphatic rings. The van der Waals surface area contributed by atoms with Crippen molar-refractivity contribution in [2.45, 2.75) is 26.1 Å². The minimum absolute atomic E-state index is 0.117. The Morgan fingerprint density at radius 2 is 1.64 bits per heavy atom. The average molecular weight is 743 g/mol. The lowest BCUT2D eigenvalue weighted by Crippen LogP contribution is -2.25. The van der Waals surface area contributed by atoms with Gasteiger partial charge in [-0.05, 0) is 112 Å². The molecule has 28 heavy (non-hydrogen) atoms. The Bertz CT molecular complexity index is 853. The van der Waals surface area contributed by atoms with Crippen LogP contribution in [0.25, 0.3) is 0 Å². The third-order valence-electron chi connectivity index (χ3n) is 3.72. The van der Waals surface area contributed by atoms with Gasteiger partial charge in [0.25, 0.3) is 0 Å². The van der Waals surface area contributed by atoms with Crippen molar-refractivity contribution in [2.75, 3.05) is 13.2 Å². The summed E-state index contributed by atoms with van der Waals surface area (Å²) in [6, 6.07) is 9.05. The topological polar surface area (TPSA) is 91.0 Å². The molecule has 10 heteroatoms. The van der Waals surface area contributed by atoms with E-state index in [4.69, 9.17) is 19.5 Å². The van der Waals surface area contributed by atoms with Gasteiger partial charge in [0.1, 0.15) is 11.5 Å². The normalized spacial score (nSPS) is 12.8. The Labute approximate surface area is 205 Å². The third kappa shape index (κ3) is 6.17. The summed E-state index contributed by atoms with van der Waals surface area (Å²) in [5.41, 5.74) is 6.99. The van der Waals surface area contributed by atoms with Gasteiger partial charge in [-0.25, -0.2) is 0 Å². The van der Waals surface area contributed by atoms with Gasteiger partial charge in [-0.3, -0.25) is 4.57 Å². The fourth-order valence-electron chi connectivity index (χ4n) is 2.40. The molecule has 0 aliphatic carbocycles. The number of rotatable bonds is 9. The minimum atomic E-state index is -3.35. The van der Waals surface area contributed by atoms with Gasteiger partial charge >= 0.3 is 7.60 Å². The maximum Gasteiger partial charge on any atom is 0.347 e. The van der Waals surface area contributed by atoms with Crippen LogP contribution in [0.2, 0.25) is 0 Å². The van der Waals surface area contributed by atoms with Gasteiger partial charge in [-0.1, -0.05) is 12.1 Å². The van der Waals surface area contributed by atoms with Crippen molar-refractivity contribution in [1.29, 1.82) is 0 Å². The average Bonchev–Trinajstić information content (AvgIpc) is 2.66. The Kier molecular flexibility index (Phi) is 9.75. The highest BCUT2D eigenvalue weighted by Crippen LogP contribution is 2.51. The molecule has 0 saturated carbocycles. The minimum Gasteiger partial charge on any atom is -0.503 e. The summed E-state index contributed by atoms with van der Waals surface area (Å²) in [4.78, 5) is 0. The van der Waals surface area contributed by atoms with E-state index in [1.54, 1.807) is 32.0 Å². The van der Waals surface area contributed by atoms with Gasteiger partial charge in [0, 0.05) is 7.14 Å². The Morgan fingerprint density at radius 1 is 1.07 bits per heavy atom. The van der Waals surface area contributed by atoms with Gasteiger partial charge in [-0.2, -0.15) is 0 Å². The quantitative estimate of drug-likeness (QED) is 0.184. The molecule has 0 aromatic heterocycles. The first-order valence-corrected chi connectivity index (χ1v) is 13.3. The molecule has 2 aromatic rings. The molecule has 0 amide bonds. The number of benzene rings is 2. The molecule has 2 aromatic carbocycles. The highest BCUT2D eigenvalue weighted by atomic mass is 127. The zero-order valence-corrected chi connectivity index (χ0v) is 22.7. The third-order valence-corrected chi connectivity index (χ3v) is 11.0. The molecule has 6 nitrogen and oxygen atoms in total. The number of hydrogen-bond donors (Lipinski definition) is 2. The summed E-state index contributed by atoms with van der Waals surface area (Å²) in [6.45, 7) is 4.06. The molecule has 0 saturated heterocycles. The first-order chi connectivity index (χ1) is 13.2. The number of phenols is 1. The van der Waals surface area contributed by atoms with E-state index >= 15 is 0 Å². The van der Waals surface area contributed by atoms with Crippen LogP contribution >= 0.6 is 75.4 Å². The predicted molar refractivity (Wildman–Crippen MR) is 135 cm³/mol. The number of nitrogens with two attached hydrogens (primary N) is 1. The Balaban J connectivity index is 2.13. The number of aromatic hydroxyl groups is 1. The Morgan fingerprint density at radius 3 is 2.18 bits per heavy atom. The van der Waals surface area contributed by atoms with E-state index in [0.717, 1.165) is 16.3 Å². The zero-order valence-electron chi connectivity index (χ0n) is 15.3. The Hall–Kier alpha value is 0.340. The lowest BCUT2D eigenvalue weighted by Gasteiger charge is -2.23. The first-order valence-electron chi connectivity index (χ1n) is 8.49. The van der Waals surface area contributed by atoms with E-state index in [1.807, 2.05) is 12.1 Å². The van der Waals surface area contributed by atoms with Crippen molar-refractivity contribution in [3.63, 3.8) is 0 Å². The van der Waals surface area contributed by atoms with Crippen LogP contribution in [0, 0.1) is 10.7 Å². The molecule has 3 N–H and O–H groups in total. The molecule has 0 spiro atoms. The summed E-state index contributed by atoms with van der Waals surface area (Å²) < 4.78 is 31.9. The fourth-order valence-corrected chi connectivity index (χ4v) is 6.05. The molecule has 1 unspecified atom stereocenters. The van der Waals surface area contributed by atoms with Gasteiger partial charge in [0.05, 0.1) is 16.8 Å². The second-order valence-electron chi connectivity index (χ2n) is 5.73. The second-order valence-corrected chi connectivity index (χ2v) is 11.3. The molecule has 154 valence electrons. The monoisotopic (exact) mass is 743 g/mol. The van der Waals surface area contributed by atoms with Crippen molar-refractivity contribution in [3.05, 3.63) is 46.6 Å². The lowest BCUT2D eigenvalue weighted by molar-refractivity contribution is 0.212. The number of ether oxygens (including phenoxy) is 1. The van der Waals surface area contributed by atoms with Gasteiger partial charge in [0.15, 0.2) is 11.5 Å². The van der Waals surface area contributed by atoms with Crippen molar-refractivity contribution in [2.24, 2.45) is 5.73 Å². The smallest absolute Gasteiger partial charge is 0.347 e. The fraction of sp³-hybridized carbons (Fsp3) is 0.333. The second kappa shape index (κ2) is 11.1. The van der Waals surface area contributed by atoms with E-state index in [-0.39, 0.29) is 19.0 Å². The van der Waals surface area contributed by atoms with Crippen LogP contribution in [-0.2, 0) is 20.0 Å². The van der Waals surface area contributed by atoms with E-state index in [0.29, 0.717) is 17.9 Å². The van der Waals surface area contributed by atoms with Crippen LogP contribution in [0.1, 0.15) is 19.4 Å². The molecule has 0 radical (unpaired) electrons. The summed E-state index contributed by atoms with van der Waals surface area (Å²) in [5, 5.41) is 10.3. The van der Waals surface area contributed by atoms with Crippen LogP contribution in [0.5, 0.6) is 17.2 Å². The molecule has 2 rings (SSSR count). The molecule has 0 fully saturated rings. The maximum atomic E-state index is 12.7. The van der Waals surface area contributed by atoms with Crippen LogP contribution in [0.4, 0.5) is 0 Å². The van der Waals surface area contributed by atoms with Gasteiger partial charge in [-0.15, -0.1) is 0 Å². The van der Waals surface area contributed by atoms with E-state index in [1.165, 1.54) is 0 Å². The van der Waals surface area contributed by atoms with E-state index < -0.39 is 13.4 Å². The number of phenolic OH excluding ortho intramolecular Hbond substituents is 1. The molecular formula is C18H21I3NO5P. The standard InChI is InChI=1S/C18H21I3NO5P/c1-3-25-28(24,26-4-2)15(22)9-11-5-7-12(8-6-11)27-14-10-13(19)16(20)17(21)18(14)23/h5-8,10,15,23H,3-4,9,22H2,1-2H3. The van der Waals surface area contributed by atoms with E-state index in [2.05, 4.69) is 67.8 Å². The molecular weight excluding hydrogens is 722 g/mol. The molecule has 0 heterocycles. The predicted octanol–water partition coefficient (Wildman–Crippen LogP) is 6.09. The van der Waals surface area contributed by atoms with Crippen molar-refractivity contribution >= 4 is 75.4 Å². The van der Waals surface area contributed by atoms with Crippen molar-refractivity contribution < 1.29 is 23.5 Å². The molecule has 0 aliphatic heterocycles. The molecule has 1 atom stereocenters. The van der Waals surface area contributed by atoms with Gasteiger partial charge in [0.2, 0.25) is 0 Å². The maximum absolute atomic E-state index is 12.7. The van der Waals surface area contributed by atoms with E-state index in [9.17, 15) is 9.67 Å². The van der Waals surface area contributed by atoms with Crippen LogP contribution in [0.15, 0.2) is 30.3 Å². The zero-order chi connectivity index (χ0) is 20.9. The highest BCUT2D eigenvalue weighted by Gasteiger charge is 2.32. The largest absolute Gasteiger partial charge is 0.503 e. The molecule has 0 bridgehead atoms. The van der Waals surface area contributed by atoms with Crippen molar-refractivity contribution in [1.82, 2.24) is 0 Å². The first kappa shape index (κ1) is 24.6. The van der Waals surface area contributed by atoms with Crippen LogP contribution < -0.4 is 10.5 Å². The summed E-state index contributed by atoms with van der Waals surface area (Å²) in [7, 11) is -3.35. The SMILES string of the molecule is CCOP(=O)(OCC)C(N)Cc1ccc(Oc2cc(I)c(I)c(I)c2O)cc1. The lowest BCUT2D eigenvalue weighted by atomic mass is 10.1. The summed E-state index contributed by atoms with van der Waals surface area (Å²) in [5.74, 6) is 0.350. The van der Waals surface area contributed by atoms with Gasteiger partial charge < -0.3 is 24.6 Å².